The Morgan fingerprint density at radius 1 is 1.50 bits per heavy atom. The van der Waals surface area contributed by atoms with E-state index in [4.69, 9.17) is 4.74 Å². The van der Waals surface area contributed by atoms with Crippen molar-refractivity contribution in [3.05, 3.63) is 53.6 Å². The number of benzene rings is 1. The predicted octanol–water partition coefficient (Wildman–Crippen LogP) is 2.72. The van der Waals surface area contributed by atoms with Gasteiger partial charge in [-0.15, -0.1) is 0 Å². The molecule has 1 aliphatic carbocycles. The first-order valence-corrected chi connectivity index (χ1v) is 5.71. The average Bonchev–Trinajstić information content (AvgIpc) is 2.30. The smallest absolute Gasteiger partial charge is 0.336 e. The zero-order valence-electron chi connectivity index (χ0n) is 9.93. The van der Waals surface area contributed by atoms with Crippen LogP contribution in [0.2, 0.25) is 0 Å². The van der Waals surface area contributed by atoms with E-state index >= 15 is 0 Å². The van der Waals surface area contributed by atoms with E-state index in [0.717, 1.165) is 16.7 Å². The quantitative estimate of drug-likeness (QED) is 0.557. The highest BCUT2D eigenvalue weighted by molar-refractivity contribution is 5.92. The highest BCUT2D eigenvalue weighted by Gasteiger charge is 2.58. The van der Waals surface area contributed by atoms with Crippen LogP contribution >= 0.6 is 0 Å². The summed E-state index contributed by atoms with van der Waals surface area (Å²) in [6.07, 6.45) is 1.68. The van der Waals surface area contributed by atoms with Gasteiger partial charge in [-0.3, -0.25) is 0 Å². The van der Waals surface area contributed by atoms with Crippen LogP contribution in [0.25, 0.3) is 0 Å². The van der Waals surface area contributed by atoms with Crippen LogP contribution < -0.4 is 4.74 Å². The van der Waals surface area contributed by atoms with Crippen molar-refractivity contribution in [2.24, 2.45) is 5.41 Å². The van der Waals surface area contributed by atoms with Gasteiger partial charge < -0.3 is 4.74 Å². The third-order valence-corrected chi connectivity index (χ3v) is 3.60. The molecule has 3 nitrogen and oxygen atoms in total. The summed E-state index contributed by atoms with van der Waals surface area (Å²) in [6, 6.07) is 9.45. The molecule has 2 aliphatic rings. The summed E-state index contributed by atoms with van der Waals surface area (Å²) in [6.45, 7) is 5.79. The lowest BCUT2D eigenvalue weighted by molar-refractivity contribution is -0.143. The summed E-state index contributed by atoms with van der Waals surface area (Å²) >= 11 is 0. The lowest BCUT2D eigenvalue weighted by atomic mass is 9.57. The fraction of sp³-hybridized carbons (Fsp3) is 0.200. The number of carbonyl (C=O) groups is 1. The predicted molar refractivity (Wildman–Crippen MR) is 65.8 cm³/mol. The van der Waals surface area contributed by atoms with Crippen molar-refractivity contribution in [2.45, 2.75) is 12.8 Å². The van der Waals surface area contributed by atoms with Crippen LogP contribution in [0.15, 0.2) is 48.1 Å². The van der Waals surface area contributed by atoms with Crippen molar-refractivity contribution >= 4 is 5.97 Å². The van der Waals surface area contributed by atoms with Gasteiger partial charge in [-0.25, -0.2) is 4.79 Å². The molecule has 0 unspecified atom stereocenters. The lowest BCUT2D eigenvalue weighted by Crippen LogP contribution is -2.48. The van der Waals surface area contributed by atoms with Crippen molar-refractivity contribution in [2.75, 3.05) is 0 Å². The standard InChI is InChI=1S/C15H11NO2/c1-9(2)11-7-15(8-16)13(11)10-5-3-4-6-12(10)18-14(15)17/h3-7,13H,1H2,2H3/t13-,15-/m1/s1. The van der Waals surface area contributed by atoms with Crippen molar-refractivity contribution in [3.63, 3.8) is 0 Å². The summed E-state index contributed by atoms with van der Waals surface area (Å²) in [5.74, 6) is -0.179. The number of hydrogen-bond acceptors (Lipinski definition) is 3. The molecule has 0 spiro atoms. The van der Waals surface area contributed by atoms with Crippen LogP contribution in [0.1, 0.15) is 18.4 Å². The normalized spacial score (nSPS) is 27.9. The Bertz CT molecular complexity index is 651. The summed E-state index contributed by atoms with van der Waals surface area (Å²) in [5.41, 5.74) is 1.57. The van der Waals surface area contributed by atoms with Gasteiger partial charge in [-0.05, 0) is 24.6 Å². The molecule has 3 rings (SSSR count). The number of carbonyl (C=O) groups excluding carboxylic acids is 1. The second kappa shape index (κ2) is 3.33. The van der Waals surface area contributed by atoms with E-state index in [1.54, 1.807) is 12.1 Å². The van der Waals surface area contributed by atoms with Gasteiger partial charge in [0.15, 0.2) is 5.41 Å². The van der Waals surface area contributed by atoms with Crippen molar-refractivity contribution < 1.29 is 9.53 Å². The maximum Gasteiger partial charge on any atom is 0.336 e. The van der Waals surface area contributed by atoms with E-state index in [2.05, 4.69) is 12.6 Å². The molecule has 3 heteroatoms. The van der Waals surface area contributed by atoms with E-state index in [1.807, 2.05) is 25.1 Å². The van der Waals surface area contributed by atoms with E-state index in [0.29, 0.717) is 5.75 Å². The van der Waals surface area contributed by atoms with E-state index < -0.39 is 11.4 Å². The van der Waals surface area contributed by atoms with Gasteiger partial charge >= 0.3 is 5.97 Å². The third kappa shape index (κ3) is 1.10. The zero-order valence-corrected chi connectivity index (χ0v) is 9.93. The molecule has 88 valence electrons. The molecular weight excluding hydrogens is 226 g/mol. The number of ether oxygens (including phenoxy) is 1. The second-order valence-corrected chi connectivity index (χ2v) is 4.72. The number of esters is 1. The first kappa shape index (κ1) is 10.8. The maximum atomic E-state index is 12.0. The molecule has 0 amide bonds. The molecular formula is C15H11NO2. The van der Waals surface area contributed by atoms with Crippen LogP contribution in [0.5, 0.6) is 5.75 Å². The minimum Gasteiger partial charge on any atom is -0.425 e. The summed E-state index contributed by atoms with van der Waals surface area (Å²) in [4.78, 5) is 12.0. The average molecular weight is 237 g/mol. The van der Waals surface area contributed by atoms with Crippen molar-refractivity contribution in [1.82, 2.24) is 0 Å². The van der Waals surface area contributed by atoms with Gasteiger partial charge in [0.1, 0.15) is 5.75 Å². The molecule has 0 bridgehead atoms. The molecule has 1 aromatic carbocycles. The zero-order chi connectivity index (χ0) is 12.9. The fourth-order valence-corrected chi connectivity index (χ4v) is 2.66. The number of rotatable bonds is 1. The largest absolute Gasteiger partial charge is 0.425 e. The van der Waals surface area contributed by atoms with Crippen LogP contribution in [-0.2, 0) is 4.79 Å². The fourth-order valence-electron chi connectivity index (χ4n) is 2.66. The molecule has 0 N–H and O–H groups in total. The Morgan fingerprint density at radius 2 is 2.22 bits per heavy atom. The van der Waals surface area contributed by atoms with Gasteiger partial charge in [0.25, 0.3) is 0 Å². The number of nitrogens with zero attached hydrogens (tertiary/aromatic N) is 1. The Balaban J connectivity index is 2.25. The maximum absolute atomic E-state index is 12.0. The van der Waals surface area contributed by atoms with Crippen LogP contribution in [0.4, 0.5) is 0 Å². The minimum absolute atomic E-state index is 0.238. The van der Waals surface area contributed by atoms with Gasteiger partial charge in [-0.1, -0.05) is 30.4 Å². The second-order valence-electron chi connectivity index (χ2n) is 4.72. The number of hydrogen-bond donors (Lipinski definition) is 0. The topological polar surface area (TPSA) is 50.1 Å². The number of nitriles is 1. The molecule has 0 saturated carbocycles. The Labute approximate surface area is 105 Å². The monoisotopic (exact) mass is 237 g/mol. The molecule has 0 saturated heterocycles. The summed E-state index contributed by atoms with van der Waals surface area (Å²) < 4.78 is 5.25. The molecule has 1 aromatic rings. The van der Waals surface area contributed by atoms with Gasteiger partial charge in [0.2, 0.25) is 0 Å². The third-order valence-electron chi connectivity index (χ3n) is 3.60. The molecule has 0 fully saturated rings. The molecule has 0 aromatic heterocycles. The number of fused-ring (bicyclic) bond motifs is 3. The summed E-state index contributed by atoms with van der Waals surface area (Å²) in [7, 11) is 0. The van der Waals surface area contributed by atoms with Gasteiger partial charge in [-0.2, -0.15) is 5.26 Å². The Morgan fingerprint density at radius 3 is 2.89 bits per heavy atom. The van der Waals surface area contributed by atoms with Crippen LogP contribution in [0, 0.1) is 16.7 Å². The minimum atomic E-state index is -1.16. The van der Waals surface area contributed by atoms with Crippen LogP contribution in [0.3, 0.4) is 0 Å². The van der Waals surface area contributed by atoms with E-state index in [-0.39, 0.29) is 5.92 Å². The first-order chi connectivity index (χ1) is 8.60. The van der Waals surface area contributed by atoms with Crippen molar-refractivity contribution in [1.29, 1.82) is 5.26 Å². The Kier molecular flexibility index (Phi) is 2.00. The first-order valence-electron chi connectivity index (χ1n) is 5.71. The molecule has 1 aliphatic heterocycles. The number of para-hydroxylation sites is 1. The molecule has 0 radical (unpaired) electrons. The molecule has 1 heterocycles. The Hall–Kier alpha value is -2.34. The van der Waals surface area contributed by atoms with E-state index in [1.165, 1.54) is 0 Å². The van der Waals surface area contributed by atoms with Gasteiger partial charge in [0.05, 0.1) is 6.07 Å². The van der Waals surface area contributed by atoms with Gasteiger partial charge in [0, 0.05) is 11.5 Å². The van der Waals surface area contributed by atoms with Crippen LogP contribution in [-0.4, -0.2) is 5.97 Å². The molecule has 2 atom stereocenters. The lowest BCUT2D eigenvalue weighted by Gasteiger charge is -2.44. The molecule has 18 heavy (non-hydrogen) atoms. The van der Waals surface area contributed by atoms with Crippen molar-refractivity contribution in [3.8, 4) is 11.8 Å². The highest BCUT2D eigenvalue weighted by Crippen LogP contribution is 2.58. The SMILES string of the molecule is C=C(C)C1=C[C@]2(C#N)C(=O)Oc3ccccc3[C@H]12. The van der Waals surface area contributed by atoms with E-state index in [9.17, 15) is 10.1 Å². The number of allylic oxidation sites excluding steroid dienone is 2. The summed E-state index contributed by atoms with van der Waals surface area (Å²) in [5, 5.41) is 9.34. The highest BCUT2D eigenvalue weighted by atomic mass is 16.5.